The summed E-state index contributed by atoms with van der Waals surface area (Å²) in [4.78, 5) is 18.4. The van der Waals surface area contributed by atoms with Gasteiger partial charge in [0.1, 0.15) is 0 Å². The molecule has 0 saturated heterocycles. The van der Waals surface area contributed by atoms with Crippen molar-refractivity contribution < 1.29 is 0 Å². The average Bonchev–Trinajstić information content (AvgIpc) is 2.39. The van der Waals surface area contributed by atoms with E-state index in [-0.39, 0.29) is 5.69 Å². The summed E-state index contributed by atoms with van der Waals surface area (Å²) in [6.07, 6.45) is 0. The molecular weight excluding hydrogens is 260 g/mol. The fourth-order valence-electron chi connectivity index (χ4n) is 2.06. The summed E-state index contributed by atoms with van der Waals surface area (Å²) in [5.74, 6) is 0. The number of halogens is 1. The van der Waals surface area contributed by atoms with Crippen molar-refractivity contribution in [2.24, 2.45) is 0 Å². The monoisotopic (exact) mass is 270 g/mol. The van der Waals surface area contributed by atoms with Crippen molar-refractivity contribution in [3.8, 4) is 11.3 Å². The molecule has 0 aliphatic rings. The van der Waals surface area contributed by atoms with E-state index in [2.05, 4.69) is 9.97 Å². The topological polar surface area (TPSA) is 45.8 Å². The minimum atomic E-state index is -0.356. The fourth-order valence-corrected chi connectivity index (χ4v) is 2.23. The van der Waals surface area contributed by atoms with Crippen molar-refractivity contribution in [2.75, 3.05) is 0 Å². The van der Waals surface area contributed by atoms with Gasteiger partial charge in [-0.05, 0) is 25.1 Å². The van der Waals surface area contributed by atoms with Gasteiger partial charge in [-0.25, -0.2) is 4.79 Å². The molecule has 0 amide bonds. The van der Waals surface area contributed by atoms with E-state index in [4.69, 9.17) is 11.6 Å². The lowest BCUT2D eigenvalue weighted by molar-refractivity contribution is 1.12. The first kappa shape index (κ1) is 11.9. The number of hydrogen-bond donors (Lipinski definition) is 1. The van der Waals surface area contributed by atoms with E-state index in [0.29, 0.717) is 10.7 Å². The summed E-state index contributed by atoms with van der Waals surface area (Å²) in [5, 5.41) is 1.46. The number of hydrogen-bond acceptors (Lipinski definition) is 2. The summed E-state index contributed by atoms with van der Waals surface area (Å²) in [6, 6.07) is 13.3. The summed E-state index contributed by atoms with van der Waals surface area (Å²) in [6.45, 7) is 2.02. The van der Waals surface area contributed by atoms with Gasteiger partial charge in [-0.15, -0.1) is 0 Å². The van der Waals surface area contributed by atoms with Gasteiger partial charge in [0, 0.05) is 16.0 Å². The minimum Gasteiger partial charge on any atom is -0.305 e. The number of rotatable bonds is 1. The molecule has 0 aliphatic heterocycles. The van der Waals surface area contributed by atoms with E-state index >= 15 is 0 Å². The van der Waals surface area contributed by atoms with Crippen molar-refractivity contribution in [3.63, 3.8) is 0 Å². The van der Waals surface area contributed by atoms with E-state index in [0.717, 1.165) is 22.0 Å². The van der Waals surface area contributed by atoms with Gasteiger partial charge in [0.2, 0.25) is 0 Å². The highest BCUT2D eigenvalue weighted by Crippen LogP contribution is 2.26. The number of fused-ring (bicyclic) bond motifs is 1. The lowest BCUT2D eigenvalue weighted by Crippen LogP contribution is -2.11. The van der Waals surface area contributed by atoms with Crippen molar-refractivity contribution in [1.29, 1.82) is 0 Å². The van der Waals surface area contributed by atoms with E-state index in [1.807, 2.05) is 37.3 Å². The Morgan fingerprint density at radius 3 is 2.58 bits per heavy atom. The third-order valence-corrected chi connectivity index (χ3v) is 3.25. The number of H-pyrrole nitrogens is 1. The first-order valence-electron chi connectivity index (χ1n) is 5.90. The first-order valence-corrected chi connectivity index (χ1v) is 6.28. The summed E-state index contributed by atoms with van der Waals surface area (Å²) in [5.41, 5.74) is 3.10. The summed E-state index contributed by atoms with van der Waals surface area (Å²) in [7, 11) is 0. The summed E-state index contributed by atoms with van der Waals surface area (Å²) >= 11 is 6.02. The van der Waals surface area contributed by atoms with Gasteiger partial charge in [0.15, 0.2) is 0 Å². The molecule has 0 fully saturated rings. The van der Waals surface area contributed by atoms with Crippen LogP contribution in [0.2, 0.25) is 5.02 Å². The van der Waals surface area contributed by atoms with Crippen LogP contribution >= 0.6 is 11.6 Å². The second-order valence-corrected chi connectivity index (χ2v) is 4.88. The molecule has 0 spiro atoms. The molecule has 3 nitrogen and oxygen atoms in total. The Morgan fingerprint density at radius 2 is 1.84 bits per heavy atom. The number of benzene rings is 2. The van der Waals surface area contributed by atoms with Crippen LogP contribution in [0.3, 0.4) is 0 Å². The summed E-state index contributed by atoms with van der Waals surface area (Å²) < 4.78 is 0. The molecule has 0 atom stereocenters. The highest BCUT2D eigenvalue weighted by Gasteiger charge is 2.08. The van der Waals surface area contributed by atoms with Gasteiger partial charge in [-0.2, -0.15) is 4.98 Å². The molecule has 4 heteroatoms. The number of nitrogens with one attached hydrogen (secondary N) is 1. The van der Waals surface area contributed by atoms with Gasteiger partial charge in [0.25, 0.3) is 0 Å². The van der Waals surface area contributed by atoms with Crippen LogP contribution in [0.5, 0.6) is 0 Å². The smallest absolute Gasteiger partial charge is 0.305 e. The molecule has 3 rings (SSSR count). The van der Waals surface area contributed by atoms with Gasteiger partial charge < -0.3 is 4.98 Å². The van der Waals surface area contributed by atoms with Crippen molar-refractivity contribution in [1.82, 2.24) is 9.97 Å². The fraction of sp³-hybridized carbons (Fsp3) is 0.0667. The van der Waals surface area contributed by atoms with Crippen LogP contribution in [0, 0.1) is 6.92 Å². The van der Waals surface area contributed by atoms with Crippen molar-refractivity contribution >= 4 is 22.5 Å². The number of aryl methyl sites for hydroxylation is 1. The predicted molar refractivity (Wildman–Crippen MR) is 77.5 cm³/mol. The van der Waals surface area contributed by atoms with E-state index in [9.17, 15) is 4.79 Å². The molecule has 1 N–H and O–H groups in total. The lowest BCUT2D eigenvalue weighted by atomic mass is 10.1. The molecule has 2 aromatic carbocycles. The van der Waals surface area contributed by atoms with Gasteiger partial charge in [-0.1, -0.05) is 41.4 Å². The highest BCUT2D eigenvalue weighted by atomic mass is 35.5. The number of aromatic nitrogens is 2. The molecule has 1 heterocycles. The molecule has 1 aromatic heterocycles. The van der Waals surface area contributed by atoms with E-state index < -0.39 is 0 Å². The Bertz CT molecular complexity index is 806. The van der Waals surface area contributed by atoms with Crippen LogP contribution in [-0.4, -0.2) is 9.97 Å². The Kier molecular flexibility index (Phi) is 2.84. The van der Waals surface area contributed by atoms with Crippen LogP contribution in [0.25, 0.3) is 22.2 Å². The standard InChI is InChI=1S/C15H11ClN2O/c1-9-2-4-10(5-3-9)14-12-8-11(16)6-7-13(12)17-15(19)18-14/h2-8H,1H3,(H,17,18,19). The first-order chi connectivity index (χ1) is 9.13. The van der Waals surface area contributed by atoms with Crippen LogP contribution in [-0.2, 0) is 0 Å². The molecule has 94 valence electrons. The minimum absolute atomic E-state index is 0.356. The van der Waals surface area contributed by atoms with E-state index in [1.165, 1.54) is 0 Å². The Morgan fingerprint density at radius 1 is 1.11 bits per heavy atom. The number of aromatic amines is 1. The van der Waals surface area contributed by atoms with Crippen molar-refractivity contribution in [2.45, 2.75) is 6.92 Å². The molecule has 0 unspecified atom stereocenters. The van der Waals surface area contributed by atoms with Crippen LogP contribution in [0.15, 0.2) is 47.3 Å². The quantitative estimate of drug-likeness (QED) is 0.735. The average molecular weight is 271 g/mol. The predicted octanol–water partition coefficient (Wildman–Crippen LogP) is 3.55. The molecule has 19 heavy (non-hydrogen) atoms. The maximum Gasteiger partial charge on any atom is 0.345 e. The largest absolute Gasteiger partial charge is 0.345 e. The SMILES string of the molecule is Cc1ccc(-c2nc(=O)[nH]c3ccc(Cl)cc23)cc1. The third kappa shape index (κ3) is 2.25. The Hall–Kier alpha value is -2.13. The van der Waals surface area contributed by atoms with Gasteiger partial charge in [-0.3, -0.25) is 0 Å². The Labute approximate surface area is 114 Å². The molecule has 0 aliphatic carbocycles. The highest BCUT2D eigenvalue weighted by molar-refractivity contribution is 6.31. The maximum atomic E-state index is 11.6. The van der Waals surface area contributed by atoms with Crippen LogP contribution < -0.4 is 5.69 Å². The zero-order valence-corrected chi connectivity index (χ0v) is 11.0. The molecular formula is C15H11ClN2O. The molecule has 0 saturated carbocycles. The second kappa shape index (κ2) is 4.52. The molecule has 3 aromatic rings. The lowest BCUT2D eigenvalue weighted by Gasteiger charge is -2.06. The molecule has 0 radical (unpaired) electrons. The maximum absolute atomic E-state index is 11.6. The number of nitrogens with zero attached hydrogens (tertiary/aromatic N) is 1. The Balaban J connectivity index is 2.35. The van der Waals surface area contributed by atoms with E-state index in [1.54, 1.807) is 12.1 Å². The van der Waals surface area contributed by atoms with Gasteiger partial charge in [0.05, 0.1) is 11.2 Å². The normalized spacial score (nSPS) is 10.8. The zero-order valence-electron chi connectivity index (χ0n) is 10.3. The van der Waals surface area contributed by atoms with Gasteiger partial charge >= 0.3 is 5.69 Å². The van der Waals surface area contributed by atoms with Crippen LogP contribution in [0.4, 0.5) is 0 Å². The second-order valence-electron chi connectivity index (χ2n) is 4.45. The zero-order chi connectivity index (χ0) is 13.4. The molecule has 0 bridgehead atoms. The van der Waals surface area contributed by atoms with Crippen molar-refractivity contribution in [3.05, 3.63) is 63.5 Å². The third-order valence-electron chi connectivity index (χ3n) is 3.02. The van der Waals surface area contributed by atoms with Crippen LogP contribution in [0.1, 0.15) is 5.56 Å².